The molecule has 3 amide bonds. The summed E-state index contributed by atoms with van der Waals surface area (Å²) in [7, 11) is 0. The Morgan fingerprint density at radius 2 is 1.63 bits per heavy atom. The van der Waals surface area contributed by atoms with E-state index in [4.69, 9.17) is 25.8 Å². The average Bonchev–Trinajstić information content (AvgIpc) is 3.74. The van der Waals surface area contributed by atoms with E-state index >= 15 is 0 Å². The van der Waals surface area contributed by atoms with E-state index in [-0.39, 0.29) is 30.4 Å². The van der Waals surface area contributed by atoms with Crippen molar-refractivity contribution in [3.05, 3.63) is 110 Å². The van der Waals surface area contributed by atoms with Gasteiger partial charge in [-0.3, -0.25) is 28.6 Å². The third-order valence-electron chi connectivity index (χ3n) is 10.9. The van der Waals surface area contributed by atoms with Gasteiger partial charge in [-0.1, -0.05) is 48.0 Å². The highest BCUT2D eigenvalue weighted by molar-refractivity contribution is 7.15. The first-order valence-corrected chi connectivity index (χ1v) is 21.2. The van der Waals surface area contributed by atoms with Crippen LogP contribution in [0.5, 0.6) is 0 Å². The van der Waals surface area contributed by atoms with Gasteiger partial charge in [-0.15, -0.1) is 21.5 Å². The first-order chi connectivity index (χ1) is 28.5. The van der Waals surface area contributed by atoms with Gasteiger partial charge in [0.25, 0.3) is 11.8 Å². The number of fused-ring (bicyclic) bond motifs is 4. The second-order valence-electron chi connectivity index (χ2n) is 14.9. The summed E-state index contributed by atoms with van der Waals surface area (Å²) in [5.41, 5.74) is 6.34. The summed E-state index contributed by atoms with van der Waals surface area (Å²) in [6.45, 7) is 13.0. The number of carbonyl (C=O) groups excluding carboxylic acids is 4. The topological polar surface area (TPSA) is 154 Å². The molecular formula is C44H49ClN6O7S. The van der Waals surface area contributed by atoms with E-state index in [0.29, 0.717) is 87.4 Å². The second kappa shape index (κ2) is 18.9. The van der Waals surface area contributed by atoms with E-state index in [0.717, 1.165) is 50.2 Å². The van der Waals surface area contributed by atoms with Crippen LogP contribution in [0.2, 0.25) is 5.02 Å². The van der Waals surface area contributed by atoms with Gasteiger partial charge >= 0.3 is 0 Å². The van der Waals surface area contributed by atoms with Crippen molar-refractivity contribution in [2.45, 2.75) is 64.8 Å². The van der Waals surface area contributed by atoms with Gasteiger partial charge in [0.15, 0.2) is 5.78 Å². The molecule has 2 aliphatic heterocycles. The number of benzene rings is 2. The van der Waals surface area contributed by atoms with Crippen LogP contribution in [0.3, 0.4) is 0 Å². The molecule has 2 aromatic heterocycles. The molecule has 0 spiro atoms. The first-order valence-electron chi connectivity index (χ1n) is 20.0. The fraction of sp³-hybridized carbons (Fsp3) is 0.409. The van der Waals surface area contributed by atoms with Gasteiger partial charge in [0.05, 0.1) is 56.8 Å². The Balaban J connectivity index is 0.799. The fourth-order valence-corrected chi connectivity index (χ4v) is 9.19. The molecule has 2 N–H and O–H groups in total. The fourth-order valence-electron chi connectivity index (χ4n) is 7.83. The van der Waals surface area contributed by atoms with Crippen LogP contribution in [0.25, 0.3) is 10.6 Å². The van der Waals surface area contributed by atoms with Crippen molar-refractivity contribution in [3.63, 3.8) is 0 Å². The molecule has 15 heteroatoms. The number of anilines is 1. The maximum absolute atomic E-state index is 13.4. The molecule has 59 heavy (non-hydrogen) atoms. The number of allylic oxidation sites excluding steroid dienone is 2. The Bertz CT molecular complexity index is 2280. The summed E-state index contributed by atoms with van der Waals surface area (Å²) >= 11 is 7.94. The molecule has 0 unspecified atom stereocenters. The van der Waals surface area contributed by atoms with Gasteiger partial charge in [-0.2, -0.15) is 0 Å². The lowest BCUT2D eigenvalue weighted by molar-refractivity contribution is -0.122. The number of imide groups is 1. The average molecular weight is 841 g/mol. The summed E-state index contributed by atoms with van der Waals surface area (Å²) in [6, 6.07) is 12.1. The summed E-state index contributed by atoms with van der Waals surface area (Å²) < 4.78 is 19.1. The minimum Gasteiger partial charge on any atom is -0.382 e. The zero-order chi connectivity index (χ0) is 41.6. The number of rotatable bonds is 17. The van der Waals surface area contributed by atoms with Gasteiger partial charge in [0.1, 0.15) is 16.6 Å². The van der Waals surface area contributed by atoms with Gasteiger partial charge in [0, 0.05) is 53.0 Å². The molecule has 4 aromatic rings. The standard InChI is InChI=1S/C44H49ClN6O7S/c1-26-7-5-10-36(37(52)23-26)51-42(54)33-8-6-9-35(40(33)43(51)55)46-15-17-56-19-21-58-22-20-57-18-16-47-38(53)25-31-24-34(30-11-13-32(45)14-12-30)39-27(2)28(3)59-44(39)50-29(4)48-49-41(31)50/h6,8-9,11-14,24,31,36,46H,1,5,7,10,15-23,25H2,2-4H3,(H,47,53)/t31-,36-/m0/s1. The minimum atomic E-state index is -0.764. The van der Waals surface area contributed by atoms with Crippen molar-refractivity contribution in [1.82, 2.24) is 25.0 Å². The molecular weight excluding hydrogens is 792 g/mol. The minimum absolute atomic E-state index is 0.115. The number of Topliss-reactive ketones (excluding diaryl/α,β-unsaturated/α-hetero) is 1. The number of thiophene rings is 1. The SMILES string of the molecule is C=C1CCC[C@H](N2C(=O)c3cccc(NCCOCCOCCOCCNC(=O)C[C@@H]4C=C(c5ccc(Cl)cc5)c5c(sc(C)c5C)-n5c(C)nnc54)c3C2=O)C(=O)C1. The summed E-state index contributed by atoms with van der Waals surface area (Å²) in [5.74, 6) is 0.0618. The van der Waals surface area contributed by atoms with Crippen molar-refractivity contribution in [1.29, 1.82) is 0 Å². The number of hydrogen-bond acceptors (Lipinski definition) is 11. The van der Waals surface area contributed by atoms with Crippen molar-refractivity contribution in [3.8, 4) is 5.00 Å². The monoisotopic (exact) mass is 840 g/mol. The number of nitrogens with one attached hydrogen (secondary N) is 2. The van der Waals surface area contributed by atoms with E-state index in [9.17, 15) is 19.2 Å². The molecule has 13 nitrogen and oxygen atoms in total. The molecule has 4 heterocycles. The van der Waals surface area contributed by atoms with Gasteiger partial charge in [0.2, 0.25) is 5.91 Å². The highest BCUT2D eigenvalue weighted by Crippen LogP contribution is 2.44. The number of carbonyl (C=O) groups is 4. The zero-order valence-electron chi connectivity index (χ0n) is 33.6. The largest absolute Gasteiger partial charge is 0.382 e. The van der Waals surface area contributed by atoms with Crippen LogP contribution in [0, 0.1) is 20.8 Å². The lowest BCUT2D eigenvalue weighted by Crippen LogP contribution is -2.44. The van der Waals surface area contributed by atoms with E-state index in [1.54, 1.807) is 29.5 Å². The van der Waals surface area contributed by atoms with Crippen LogP contribution < -0.4 is 10.6 Å². The molecule has 0 saturated heterocycles. The number of aryl methyl sites for hydroxylation is 2. The van der Waals surface area contributed by atoms with E-state index in [1.165, 1.54) is 10.4 Å². The number of aromatic nitrogens is 3. The quantitative estimate of drug-likeness (QED) is 0.0504. The van der Waals surface area contributed by atoms with Crippen LogP contribution in [0.4, 0.5) is 5.69 Å². The highest BCUT2D eigenvalue weighted by Gasteiger charge is 2.44. The van der Waals surface area contributed by atoms with Crippen LogP contribution in [-0.2, 0) is 23.8 Å². The number of amides is 3. The van der Waals surface area contributed by atoms with Crippen LogP contribution in [0.1, 0.15) is 92.0 Å². The van der Waals surface area contributed by atoms with Crippen molar-refractivity contribution in [2.24, 2.45) is 0 Å². The zero-order valence-corrected chi connectivity index (χ0v) is 35.2. The normalized spacial score (nSPS) is 17.6. The smallest absolute Gasteiger partial charge is 0.264 e. The van der Waals surface area contributed by atoms with Crippen LogP contribution >= 0.6 is 22.9 Å². The maximum atomic E-state index is 13.4. The Kier molecular flexibility index (Phi) is 13.5. The molecule has 0 radical (unpaired) electrons. The van der Waals surface area contributed by atoms with E-state index in [2.05, 4.69) is 51.9 Å². The number of ketones is 1. The van der Waals surface area contributed by atoms with Crippen molar-refractivity contribution in [2.75, 3.05) is 58.0 Å². The molecule has 2 atom stereocenters. The maximum Gasteiger partial charge on any atom is 0.264 e. The Hall–Kier alpha value is -4.99. The Labute approximate surface area is 352 Å². The van der Waals surface area contributed by atoms with Gasteiger partial charge < -0.3 is 24.8 Å². The molecule has 3 aliphatic rings. The predicted molar refractivity (Wildman–Crippen MR) is 227 cm³/mol. The first kappa shape index (κ1) is 42.1. The van der Waals surface area contributed by atoms with Crippen molar-refractivity contribution >= 4 is 57.7 Å². The number of ether oxygens (including phenoxy) is 3. The molecule has 310 valence electrons. The van der Waals surface area contributed by atoms with E-state index < -0.39 is 17.9 Å². The summed E-state index contributed by atoms with van der Waals surface area (Å²) in [4.78, 5) is 55.1. The highest BCUT2D eigenvalue weighted by atomic mass is 35.5. The molecule has 1 aliphatic carbocycles. The number of nitrogens with zero attached hydrogens (tertiary/aromatic N) is 4. The van der Waals surface area contributed by atoms with Crippen molar-refractivity contribution < 1.29 is 33.4 Å². The second-order valence-corrected chi connectivity index (χ2v) is 16.6. The van der Waals surface area contributed by atoms with Gasteiger partial charge in [-0.05, 0) is 81.0 Å². The van der Waals surface area contributed by atoms with Gasteiger partial charge in [-0.25, -0.2) is 0 Å². The summed E-state index contributed by atoms with van der Waals surface area (Å²) in [6.07, 6.45) is 4.40. The number of halogens is 1. The van der Waals surface area contributed by atoms with Crippen LogP contribution in [-0.4, -0.2) is 102 Å². The molecule has 2 aromatic carbocycles. The molecule has 7 rings (SSSR count). The molecule has 1 fully saturated rings. The lowest BCUT2D eigenvalue weighted by atomic mass is 9.92. The third kappa shape index (κ3) is 9.27. The third-order valence-corrected chi connectivity index (χ3v) is 12.3. The number of hydrogen-bond donors (Lipinski definition) is 2. The molecule has 0 bridgehead atoms. The van der Waals surface area contributed by atoms with E-state index in [1.807, 2.05) is 31.2 Å². The Morgan fingerprint density at radius 1 is 0.915 bits per heavy atom. The Morgan fingerprint density at radius 3 is 2.37 bits per heavy atom. The van der Waals surface area contributed by atoms with Crippen LogP contribution in [0.15, 0.2) is 60.7 Å². The molecule has 1 saturated carbocycles. The predicted octanol–water partition coefficient (Wildman–Crippen LogP) is 6.77. The summed E-state index contributed by atoms with van der Waals surface area (Å²) in [5, 5.41) is 16.8. The lowest BCUT2D eigenvalue weighted by Gasteiger charge is -2.23.